The number of phenolic OH excluding ortho intramolecular Hbond substituents is 5. The highest BCUT2D eigenvalue weighted by atomic mass is 16.4. The number of Topliss-reactive ketones (excluding diaryl/α,β-unsaturated/α-hetero) is 1. The second-order valence-electron chi connectivity index (χ2n) is 5.14. The molecule has 0 fully saturated rings. The second-order valence-corrected chi connectivity index (χ2v) is 5.14. The van der Waals surface area contributed by atoms with Gasteiger partial charge in [-0.1, -0.05) is 18.2 Å². The van der Waals surface area contributed by atoms with Crippen LogP contribution in [-0.2, 0) is 0 Å². The van der Waals surface area contributed by atoms with Gasteiger partial charge in [-0.05, 0) is 5.56 Å². The molecule has 7 heteroatoms. The zero-order valence-electron chi connectivity index (χ0n) is 11.2. The minimum Gasteiger partial charge on any atom is -0.699 e. The molecule has 0 bridgehead atoms. The summed E-state index contributed by atoms with van der Waals surface area (Å²) in [6.07, 6.45) is -0.0937. The van der Waals surface area contributed by atoms with Crippen molar-refractivity contribution in [2.45, 2.75) is 12.3 Å². The van der Waals surface area contributed by atoms with Gasteiger partial charge in [-0.15, -0.1) is 5.69 Å². The van der Waals surface area contributed by atoms with E-state index >= 15 is 0 Å². The number of carbonyl (C=O) groups excluding carboxylic acids is 1. The summed E-state index contributed by atoms with van der Waals surface area (Å²) in [6.45, 7) is 0. The topological polar surface area (TPSA) is 142 Å². The van der Waals surface area contributed by atoms with Gasteiger partial charge in [-0.2, -0.15) is 0 Å². The van der Waals surface area contributed by atoms with E-state index < -0.39 is 34.7 Å². The van der Waals surface area contributed by atoms with E-state index in [9.17, 15) is 30.3 Å². The van der Waals surface area contributed by atoms with E-state index in [1.165, 1.54) is 18.2 Å². The van der Waals surface area contributed by atoms with Crippen LogP contribution in [-0.4, -0.2) is 31.3 Å². The van der Waals surface area contributed by atoms with Gasteiger partial charge in [0.05, 0.1) is 5.56 Å². The Kier molecular flexibility index (Phi) is 2.81. The lowest BCUT2D eigenvalue weighted by atomic mass is 9.90. The summed E-state index contributed by atoms with van der Waals surface area (Å²) in [5.74, 6) is -5.64. The average Bonchev–Trinajstić information content (AvgIpc) is 2.80. The van der Waals surface area contributed by atoms with Gasteiger partial charge < -0.3 is 31.3 Å². The number of hydrogen-bond donors (Lipinski definition) is 5. The highest BCUT2D eigenvalue weighted by Gasteiger charge is 2.36. The molecule has 1 aliphatic rings. The molecule has 0 aliphatic heterocycles. The van der Waals surface area contributed by atoms with E-state index in [0.717, 1.165) is 0 Å². The van der Waals surface area contributed by atoms with E-state index in [1.807, 2.05) is 0 Å². The van der Waals surface area contributed by atoms with E-state index in [4.69, 9.17) is 5.73 Å². The van der Waals surface area contributed by atoms with Gasteiger partial charge >= 0.3 is 0 Å². The number of fused-ring (bicyclic) bond motifs is 1. The molecule has 2 aromatic rings. The fourth-order valence-corrected chi connectivity index (χ4v) is 2.80. The maximum Gasteiger partial charge on any atom is 0.208 e. The van der Waals surface area contributed by atoms with Crippen LogP contribution < -0.4 is 0 Å². The second kappa shape index (κ2) is 4.45. The summed E-state index contributed by atoms with van der Waals surface area (Å²) in [7, 11) is 0. The Hall–Kier alpha value is -3.09. The Morgan fingerprint density at radius 3 is 2.05 bits per heavy atom. The molecule has 1 atom stereocenters. The van der Waals surface area contributed by atoms with Crippen LogP contribution in [0.3, 0.4) is 0 Å². The minimum absolute atomic E-state index is 0.0937. The standard InChI is InChI=1S/C15H12NO6/c16-5-1-2-6-7(3-5)9(17)4-8(6)10-11(18)13(20)15(22)14(21)12(10)19/h1-3,8,16,18-22H,4H2/q-1. The Morgan fingerprint density at radius 2 is 1.45 bits per heavy atom. The molecule has 0 saturated carbocycles. The largest absolute Gasteiger partial charge is 0.699 e. The van der Waals surface area contributed by atoms with Crippen LogP contribution >= 0.6 is 0 Å². The predicted molar refractivity (Wildman–Crippen MR) is 76.0 cm³/mol. The Bertz CT molecular complexity index is 785. The molecular weight excluding hydrogens is 290 g/mol. The molecule has 3 rings (SSSR count). The lowest BCUT2D eigenvalue weighted by molar-refractivity contribution is 0.0991. The Morgan fingerprint density at radius 1 is 0.909 bits per heavy atom. The van der Waals surface area contributed by atoms with Crippen LogP contribution in [0.25, 0.3) is 5.73 Å². The molecule has 0 saturated heterocycles. The Labute approximate surface area is 124 Å². The van der Waals surface area contributed by atoms with Crippen LogP contribution in [0.15, 0.2) is 18.2 Å². The first-order valence-electron chi connectivity index (χ1n) is 6.40. The number of ketones is 1. The first-order chi connectivity index (χ1) is 10.3. The lowest BCUT2D eigenvalue weighted by Crippen LogP contribution is -1.99. The van der Waals surface area contributed by atoms with Crippen molar-refractivity contribution in [3.63, 3.8) is 0 Å². The Balaban J connectivity index is 2.26. The average molecular weight is 302 g/mol. The molecular formula is C15H12NO6-. The highest BCUT2D eigenvalue weighted by molar-refractivity contribution is 6.03. The van der Waals surface area contributed by atoms with Crippen LogP contribution in [0.2, 0.25) is 0 Å². The molecule has 6 N–H and O–H groups in total. The molecule has 114 valence electrons. The van der Waals surface area contributed by atoms with Crippen molar-refractivity contribution in [2.75, 3.05) is 0 Å². The molecule has 0 spiro atoms. The number of nitrogens with one attached hydrogen (secondary N) is 1. The first kappa shape index (κ1) is 13.9. The van der Waals surface area contributed by atoms with Crippen LogP contribution in [0.5, 0.6) is 28.7 Å². The van der Waals surface area contributed by atoms with Crippen molar-refractivity contribution < 1.29 is 30.3 Å². The minimum atomic E-state index is -1.04. The zero-order chi connectivity index (χ0) is 16.2. The molecule has 22 heavy (non-hydrogen) atoms. The van der Waals surface area contributed by atoms with Crippen molar-refractivity contribution >= 4 is 11.5 Å². The number of hydrogen-bond acceptors (Lipinski definition) is 6. The van der Waals surface area contributed by atoms with E-state index in [-0.39, 0.29) is 23.5 Å². The number of rotatable bonds is 1. The summed E-state index contributed by atoms with van der Waals surface area (Å²) in [6, 6.07) is 4.36. The summed E-state index contributed by atoms with van der Waals surface area (Å²) in [5.41, 5.74) is 8.22. The third-order valence-corrected chi connectivity index (χ3v) is 3.87. The molecule has 1 unspecified atom stereocenters. The molecule has 1 aliphatic carbocycles. The third kappa shape index (κ3) is 1.72. The van der Waals surface area contributed by atoms with Gasteiger partial charge in [0.15, 0.2) is 17.3 Å². The maximum absolute atomic E-state index is 12.0. The van der Waals surface area contributed by atoms with Crippen LogP contribution in [0, 0.1) is 0 Å². The fraction of sp³-hybridized carbons (Fsp3) is 0.133. The zero-order valence-corrected chi connectivity index (χ0v) is 11.2. The summed E-state index contributed by atoms with van der Waals surface area (Å²) < 4.78 is 0. The van der Waals surface area contributed by atoms with E-state index in [2.05, 4.69) is 0 Å². The van der Waals surface area contributed by atoms with Gasteiger partial charge in [0.1, 0.15) is 0 Å². The van der Waals surface area contributed by atoms with Gasteiger partial charge in [0.25, 0.3) is 0 Å². The van der Waals surface area contributed by atoms with Crippen molar-refractivity contribution in [2.24, 2.45) is 0 Å². The first-order valence-corrected chi connectivity index (χ1v) is 6.40. The molecule has 2 aromatic carbocycles. The molecule has 0 radical (unpaired) electrons. The maximum atomic E-state index is 12.0. The highest BCUT2D eigenvalue weighted by Crippen LogP contribution is 2.56. The van der Waals surface area contributed by atoms with Crippen molar-refractivity contribution in [1.29, 1.82) is 0 Å². The number of aromatic hydroxyl groups is 5. The van der Waals surface area contributed by atoms with Gasteiger partial charge in [-0.25, -0.2) is 0 Å². The number of benzene rings is 2. The summed E-state index contributed by atoms with van der Waals surface area (Å²) in [4.78, 5) is 12.0. The lowest BCUT2D eigenvalue weighted by Gasteiger charge is -2.18. The van der Waals surface area contributed by atoms with E-state index in [1.54, 1.807) is 0 Å². The molecule has 0 amide bonds. The van der Waals surface area contributed by atoms with Gasteiger partial charge in [-0.3, -0.25) is 4.79 Å². The van der Waals surface area contributed by atoms with Gasteiger partial charge in [0.2, 0.25) is 17.2 Å². The van der Waals surface area contributed by atoms with Crippen molar-refractivity contribution in [3.8, 4) is 28.7 Å². The molecule has 0 heterocycles. The predicted octanol–water partition coefficient (Wildman–Crippen LogP) is 2.62. The van der Waals surface area contributed by atoms with Crippen molar-refractivity contribution in [1.82, 2.24) is 0 Å². The van der Waals surface area contributed by atoms with Gasteiger partial charge in [0, 0.05) is 17.9 Å². The smallest absolute Gasteiger partial charge is 0.208 e. The molecule has 0 aromatic heterocycles. The summed E-state index contributed by atoms with van der Waals surface area (Å²) >= 11 is 0. The SMILES string of the molecule is [NH-]c1ccc2c(c1)C(=O)CC2c1c(O)c(O)c(O)c(O)c1O. The number of phenols is 5. The summed E-state index contributed by atoms with van der Waals surface area (Å²) in [5, 5.41) is 48.6. The van der Waals surface area contributed by atoms with Crippen molar-refractivity contribution in [3.05, 3.63) is 40.6 Å². The third-order valence-electron chi connectivity index (χ3n) is 3.87. The quantitative estimate of drug-likeness (QED) is 0.405. The number of carbonyl (C=O) groups is 1. The van der Waals surface area contributed by atoms with Crippen LogP contribution in [0.1, 0.15) is 33.8 Å². The normalized spacial score (nSPS) is 16.7. The fourth-order valence-electron chi connectivity index (χ4n) is 2.80. The molecule has 7 nitrogen and oxygen atoms in total. The van der Waals surface area contributed by atoms with Crippen LogP contribution in [0.4, 0.5) is 5.69 Å². The van der Waals surface area contributed by atoms with E-state index in [0.29, 0.717) is 11.1 Å². The monoisotopic (exact) mass is 302 g/mol.